The number of hydrogen-bond acceptors (Lipinski definition) is 0. The van der Waals surface area contributed by atoms with Gasteiger partial charge in [0, 0.05) is 27.3 Å². The minimum Gasteiger partial charge on any atom is -0.309 e. The van der Waals surface area contributed by atoms with Crippen molar-refractivity contribution in [3.63, 3.8) is 0 Å². The van der Waals surface area contributed by atoms with Crippen LogP contribution >= 0.6 is 0 Å². The van der Waals surface area contributed by atoms with E-state index in [1.54, 1.807) is 0 Å². The molecule has 1 aromatic heterocycles. The first-order valence-corrected chi connectivity index (χ1v) is 13.4. The Balaban J connectivity index is 1.44. The molecule has 0 N–H and O–H groups in total. The zero-order valence-corrected chi connectivity index (χ0v) is 21.6. The van der Waals surface area contributed by atoms with Crippen molar-refractivity contribution < 1.29 is 0 Å². The van der Waals surface area contributed by atoms with Crippen LogP contribution in [0, 0.1) is 0 Å². The lowest BCUT2D eigenvalue weighted by atomic mass is 9.80. The van der Waals surface area contributed by atoms with Crippen LogP contribution in [0.15, 0.2) is 127 Å². The lowest BCUT2D eigenvalue weighted by Gasteiger charge is -2.23. The summed E-state index contributed by atoms with van der Waals surface area (Å²) in [4.78, 5) is 0. The second-order valence-electron chi connectivity index (χ2n) is 11.0. The average molecular weight is 486 g/mol. The molecule has 0 fully saturated rings. The van der Waals surface area contributed by atoms with Crippen molar-refractivity contribution >= 4 is 32.6 Å². The third-order valence-electron chi connectivity index (χ3n) is 8.58. The van der Waals surface area contributed by atoms with Crippen molar-refractivity contribution in [2.24, 2.45) is 0 Å². The Labute approximate surface area is 222 Å². The second kappa shape index (κ2) is 7.69. The van der Waals surface area contributed by atoms with E-state index >= 15 is 0 Å². The first-order chi connectivity index (χ1) is 18.6. The maximum absolute atomic E-state index is 2.46. The molecule has 0 aliphatic heterocycles. The van der Waals surface area contributed by atoms with Crippen LogP contribution in [0.1, 0.15) is 25.0 Å². The SMILES string of the molecule is CC1(C)c2ccccc2-c2ccc3c(ccc4c5ccccc5n(-c5ccc(-c6ccccc6)cc5)c34)c21. The van der Waals surface area contributed by atoms with Crippen LogP contribution in [0.4, 0.5) is 0 Å². The minimum atomic E-state index is -0.0483. The molecule has 0 saturated heterocycles. The molecule has 0 unspecified atom stereocenters. The van der Waals surface area contributed by atoms with Crippen molar-refractivity contribution in [1.82, 2.24) is 4.57 Å². The fraction of sp³-hybridized carbons (Fsp3) is 0.0811. The van der Waals surface area contributed by atoms with Gasteiger partial charge in [-0.25, -0.2) is 0 Å². The highest BCUT2D eigenvalue weighted by Gasteiger charge is 2.36. The van der Waals surface area contributed by atoms with Gasteiger partial charge in [0.15, 0.2) is 0 Å². The van der Waals surface area contributed by atoms with Crippen LogP contribution in [0.2, 0.25) is 0 Å². The molecule has 7 aromatic rings. The van der Waals surface area contributed by atoms with Crippen molar-refractivity contribution in [3.8, 4) is 27.9 Å². The van der Waals surface area contributed by atoms with Crippen LogP contribution < -0.4 is 0 Å². The highest BCUT2D eigenvalue weighted by molar-refractivity contribution is 6.20. The van der Waals surface area contributed by atoms with Crippen LogP contribution in [-0.2, 0) is 5.41 Å². The summed E-state index contributed by atoms with van der Waals surface area (Å²) in [6.07, 6.45) is 0. The molecule has 180 valence electrons. The molecule has 1 heteroatoms. The number of para-hydroxylation sites is 1. The molecular formula is C37H27N. The van der Waals surface area contributed by atoms with E-state index in [9.17, 15) is 0 Å². The van der Waals surface area contributed by atoms with E-state index in [4.69, 9.17) is 0 Å². The van der Waals surface area contributed by atoms with E-state index in [0.717, 1.165) is 0 Å². The number of fused-ring (bicyclic) bond motifs is 9. The zero-order valence-electron chi connectivity index (χ0n) is 21.6. The summed E-state index contributed by atoms with van der Waals surface area (Å²) in [5.41, 5.74) is 11.7. The number of hydrogen-bond donors (Lipinski definition) is 0. The molecule has 1 heterocycles. The largest absolute Gasteiger partial charge is 0.309 e. The standard InChI is InChI=1S/C37H27N/c1-37(2)33-14-8-6-12-27(33)29-20-23-32-30(35(29)37)21-22-31-28-13-7-9-15-34(28)38(36(31)32)26-18-16-25(17-19-26)24-10-4-3-5-11-24/h3-23H,1-2H3. The van der Waals surface area contributed by atoms with Gasteiger partial charge in [-0.05, 0) is 57.0 Å². The summed E-state index contributed by atoms with van der Waals surface area (Å²) in [5, 5.41) is 5.25. The average Bonchev–Trinajstić information content (AvgIpc) is 3.43. The van der Waals surface area contributed by atoms with Crippen molar-refractivity contribution in [2.45, 2.75) is 19.3 Å². The Morgan fingerprint density at radius 2 is 1.11 bits per heavy atom. The highest BCUT2D eigenvalue weighted by Crippen LogP contribution is 2.52. The number of benzene rings is 6. The summed E-state index contributed by atoms with van der Waals surface area (Å²) in [7, 11) is 0. The van der Waals surface area contributed by atoms with E-state index in [2.05, 4.69) is 146 Å². The summed E-state index contributed by atoms with van der Waals surface area (Å²) in [6, 6.07) is 46.7. The van der Waals surface area contributed by atoms with Gasteiger partial charge in [0.1, 0.15) is 0 Å². The highest BCUT2D eigenvalue weighted by atomic mass is 15.0. The summed E-state index contributed by atoms with van der Waals surface area (Å²) in [5.74, 6) is 0. The number of rotatable bonds is 2. The maximum Gasteiger partial charge on any atom is 0.0619 e. The van der Waals surface area contributed by atoms with Gasteiger partial charge in [-0.3, -0.25) is 0 Å². The van der Waals surface area contributed by atoms with Crippen LogP contribution in [0.3, 0.4) is 0 Å². The van der Waals surface area contributed by atoms with E-state index in [1.165, 1.54) is 71.6 Å². The normalized spacial score (nSPS) is 13.7. The number of nitrogens with zero attached hydrogens (tertiary/aromatic N) is 1. The van der Waals surface area contributed by atoms with Crippen molar-refractivity contribution in [1.29, 1.82) is 0 Å². The Hall–Kier alpha value is -4.62. The first-order valence-electron chi connectivity index (χ1n) is 13.4. The Morgan fingerprint density at radius 1 is 0.474 bits per heavy atom. The molecule has 8 rings (SSSR count). The van der Waals surface area contributed by atoms with Gasteiger partial charge >= 0.3 is 0 Å². The lowest BCUT2D eigenvalue weighted by Crippen LogP contribution is -2.15. The summed E-state index contributed by atoms with van der Waals surface area (Å²) < 4.78 is 2.46. The van der Waals surface area contributed by atoms with E-state index < -0.39 is 0 Å². The van der Waals surface area contributed by atoms with Gasteiger partial charge in [0.2, 0.25) is 0 Å². The molecule has 0 atom stereocenters. The van der Waals surface area contributed by atoms with Crippen LogP contribution in [0.25, 0.3) is 60.5 Å². The van der Waals surface area contributed by atoms with Gasteiger partial charge in [0.25, 0.3) is 0 Å². The van der Waals surface area contributed by atoms with E-state index in [1.807, 2.05) is 0 Å². The van der Waals surface area contributed by atoms with Gasteiger partial charge < -0.3 is 4.57 Å². The van der Waals surface area contributed by atoms with E-state index in [0.29, 0.717) is 0 Å². The lowest BCUT2D eigenvalue weighted by molar-refractivity contribution is 0.666. The molecule has 6 aromatic carbocycles. The smallest absolute Gasteiger partial charge is 0.0619 e. The fourth-order valence-corrected chi connectivity index (χ4v) is 6.86. The third kappa shape index (κ3) is 2.82. The molecule has 0 radical (unpaired) electrons. The monoisotopic (exact) mass is 485 g/mol. The minimum absolute atomic E-state index is 0.0483. The first kappa shape index (κ1) is 21.5. The van der Waals surface area contributed by atoms with Gasteiger partial charge in [-0.15, -0.1) is 0 Å². The van der Waals surface area contributed by atoms with Crippen molar-refractivity contribution in [2.75, 3.05) is 0 Å². The molecule has 0 amide bonds. The third-order valence-corrected chi connectivity index (χ3v) is 8.58. The van der Waals surface area contributed by atoms with Gasteiger partial charge in [0.05, 0.1) is 11.0 Å². The van der Waals surface area contributed by atoms with Gasteiger partial charge in [-0.1, -0.05) is 123 Å². The van der Waals surface area contributed by atoms with Crippen LogP contribution in [0.5, 0.6) is 0 Å². The molecule has 1 nitrogen and oxygen atoms in total. The quantitative estimate of drug-likeness (QED) is 0.230. The Morgan fingerprint density at radius 3 is 1.95 bits per heavy atom. The Bertz CT molecular complexity index is 2020. The predicted octanol–water partition coefficient (Wildman–Crippen LogP) is 9.91. The topological polar surface area (TPSA) is 4.93 Å². The second-order valence-corrected chi connectivity index (χ2v) is 11.0. The maximum atomic E-state index is 2.46. The molecule has 38 heavy (non-hydrogen) atoms. The Kier molecular flexibility index (Phi) is 4.35. The summed E-state index contributed by atoms with van der Waals surface area (Å²) in [6.45, 7) is 4.75. The molecule has 0 spiro atoms. The molecule has 0 saturated carbocycles. The predicted molar refractivity (Wildman–Crippen MR) is 161 cm³/mol. The molecular weight excluding hydrogens is 458 g/mol. The fourth-order valence-electron chi connectivity index (χ4n) is 6.86. The molecule has 0 bridgehead atoms. The van der Waals surface area contributed by atoms with Gasteiger partial charge in [-0.2, -0.15) is 0 Å². The zero-order chi connectivity index (χ0) is 25.4. The van der Waals surface area contributed by atoms with E-state index in [-0.39, 0.29) is 5.41 Å². The molecule has 1 aliphatic carbocycles. The summed E-state index contributed by atoms with van der Waals surface area (Å²) >= 11 is 0. The number of aromatic nitrogens is 1. The van der Waals surface area contributed by atoms with Crippen molar-refractivity contribution in [3.05, 3.63) is 139 Å². The van der Waals surface area contributed by atoms with Crippen LogP contribution in [-0.4, -0.2) is 4.57 Å². The molecule has 1 aliphatic rings.